The van der Waals surface area contributed by atoms with Gasteiger partial charge in [-0.3, -0.25) is 0 Å². The van der Waals surface area contributed by atoms with Crippen LogP contribution in [0.15, 0.2) is 0 Å². The molecular weight excluding hydrogens is 321 g/mol. The summed E-state index contributed by atoms with van der Waals surface area (Å²) < 4.78 is 5.54. The fraction of sp³-hybridized carbons (Fsp3) is 0.909. The molecule has 0 aromatic carbocycles. The van der Waals surface area contributed by atoms with Crippen LogP contribution >= 0.6 is 0 Å². The Kier molecular flexibility index (Phi) is 3.47. The Bertz CT molecular complexity index is 285. The number of aliphatic hydroxyl groups is 1. The number of halogens is 1. The third-order valence-electron chi connectivity index (χ3n) is 3.16. The van der Waals surface area contributed by atoms with Crippen molar-refractivity contribution in [2.75, 3.05) is 11.5 Å². The predicted octanol–water partition coefficient (Wildman–Crippen LogP) is -3.25. The van der Waals surface area contributed by atoms with E-state index in [1.807, 2.05) is 0 Å². The minimum atomic E-state index is -0.723. The van der Waals surface area contributed by atoms with Gasteiger partial charge in [-0.15, -0.1) is 0 Å². The number of ether oxygens (including phenoxy) is 1. The Hall–Kier alpha value is 0.120. The normalized spacial score (nSPS) is 34.6. The fourth-order valence-electron chi connectivity index (χ4n) is 1.94. The summed E-state index contributed by atoms with van der Waals surface area (Å²) in [6, 6.07) is 0.365. The number of alkyl halides is 2. The molecule has 94 valence electrons. The molecule has 0 aromatic rings. The van der Waals surface area contributed by atoms with E-state index in [-0.39, 0.29) is 43.1 Å². The van der Waals surface area contributed by atoms with E-state index in [1.165, 1.54) is 0 Å². The molecule has 4 atom stereocenters. The summed E-state index contributed by atoms with van der Waals surface area (Å²) in [6.45, 7) is 4.50. The average molecular weight is 340 g/mol. The summed E-state index contributed by atoms with van der Waals surface area (Å²) in [5, 5.41) is 12.9. The second-order valence-corrected chi connectivity index (χ2v) is 7.69. The second-order valence-electron chi connectivity index (χ2n) is 5.11. The quantitative estimate of drug-likeness (QED) is 0.239. The van der Waals surface area contributed by atoms with Gasteiger partial charge in [0.1, 0.15) is 0 Å². The molecule has 5 heteroatoms. The first kappa shape index (κ1) is 12.6. The van der Waals surface area contributed by atoms with Gasteiger partial charge in [0.15, 0.2) is 0 Å². The molecule has 0 aromatic heterocycles. The van der Waals surface area contributed by atoms with Crippen LogP contribution in [0.5, 0.6) is 0 Å². The van der Waals surface area contributed by atoms with Gasteiger partial charge in [-0.25, -0.2) is 0 Å². The van der Waals surface area contributed by atoms with E-state index < -0.39 is 5.60 Å². The zero-order chi connectivity index (χ0) is 11.9. The molecule has 2 rings (SSSR count). The number of hydrogen-bond donors (Lipinski definition) is 2. The molecule has 0 spiro atoms. The third kappa shape index (κ3) is 2.87. The van der Waals surface area contributed by atoms with Crippen molar-refractivity contribution in [1.82, 2.24) is 5.32 Å². The molecule has 2 aliphatic rings. The van der Waals surface area contributed by atoms with Crippen LogP contribution in [0.4, 0.5) is 0 Å². The summed E-state index contributed by atoms with van der Waals surface area (Å²) >= 11 is -0.124. The molecule has 16 heavy (non-hydrogen) atoms. The van der Waals surface area contributed by atoms with Gasteiger partial charge < -0.3 is 0 Å². The Morgan fingerprint density at radius 1 is 1.62 bits per heavy atom. The predicted molar refractivity (Wildman–Crippen MR) is 55.8 cm³/mol. The van der Waals surface area contributed by atoms with Gasteiger partial charge in [-0.2, -0.15) is 0 Å². The molecular formula is C11H19INO3-. The molecule has 0 radical (unpaired) electrons. The first-order chi connectivity index (χ1) is 7.43. The van der Waals surface area contributed by atoms with E-state index in [9.17, 15) is 9.90 Å². The monoisotopic (exact) mass is 340 g/mol. The van der Waals surface area contributed by atoms with Crippen molar-refractivity contribution >= 4 is 5.97 Å². The van der Waals surface area contributed by atoms with Crippen molar-refractivity contribution in [3.05, 3.63) is 0 Å². The third-order valence-corrected chi connectivity index (χ3v) is 5.88. The van der Waals surface area contributed by atoms with Crippen molar-refractivity contribution in [1.29, 1.82) is 0 Å². The van der Waals surface area contributed by atoms with Gasteiger partial charge in [0, 0.05) is 0 Å². The SMILES string of the molecule is C[I-]C(C(=O)OC1CC1C(C)(C)O)C1CN1. The van der Waals surface area contributed by atoms with E-state index in [4.69, 9.17) is 4.74 Å². The van der Waals surface area contributed by atoms with E-state index in [2.05, 4.69) is 10.2 Å². The Balaban J connectivity index is 1.80. The van der Waals surface area contributed by atoms with E-state index in [0.29, 0.717) is 6.04 Å². The van der Waals surface area contributed by atoms with Gasteiger partial charge in [0.2, 0.25) is 0 Å². The summed E-state index contributed by atoms with van der Waals surface area (Å²) in [4.78, 5) is 14.0. The molecule has 1 saturated carbocycles. The van der Waals surface area contributed by atoms with Crippen LogP contribution in [0.2, 0.25) is 0 Å². The van der Waals surface area contributed by atoms with E-state index in [1.54, 1.807) is 13.8 Å². The second kappa shape index (κ2) is 4.42. The maximum absolute atomic E-state index is 11.9. The molecule has 0 bridgehead atoms. The Morgan fingerprint density at radius 3 is 2.62 bits per heavy atom. The molecule has 2 fully saturated rings. The molecule has 4 unspecified atom stereocenters. The van der Waals surface area contributed by atoms with Crippen LogP contribution in [0.25, 0.3) is 0 Å². The zero-order valence-electron chi connectivity index (χ0n) is 9.87. The van der Waals surface area contributed by atoms with Crippen LogP contribution in [0.3, 0.4) is 0 Å². The minimum absolute atomic E-state index is 0.0516. The Labute approximate surface area is 106 Å². The Morgan fingerprint density at radius 2 is 2.25 bits per heavy atom. The van der Waals surface area contributed by atoms with Crippen molar-refractivity contribution in [2.24, 2.45) is 5.92 Å². The molecule has 0 amide bonds. The summed E-state index contributed by atoms with van der Waals surface area (Å²) in [6.07, 6.45) is 0.756. The molecule has 2 N–H and O–H groups in total. The van der Waals surface area contributed by atoms with E-state index in [0.717, 1.165) is 13.0 Å². The van der Waals surface area contributed by atoms with Crippen LogP contribution in [0.1, 0.15) is 20.3 Å². The van der Waals surface area contributed by atoms with Gasteiger partial charge in [-0.1, -0.05) is 0 Å². The van der Waals surface area contributed by atoms with Gasteiger partial charge in [-0.05, 0) is 0 Å². The van der Waals surface area contributed by atoms with Crippen molar-refractivity contribution in [3.63, 3.8) is 0 Å². The van der Waals surface area contributed by atoms with Gasteiger partial charge in [0.05, 0.1) is 0 Å². The zero-order valence-corrected chi connectivity index (χ0v) is 12.0. The molecule has 1 aliphatic carbocycles. The number of esters is 1. The summed E-state index contributed by atoms with van der Waals surface area (Å²) in [5.74, 6) is 0.0707. The number of rotatable bonds is 5. The van der Waals surface area contributed by atoms with Gasteiger partial charge >= 0.3 is 106 Å². The number of carbonyl (C=O) groups excluding carboxylic acids is 1. The first-order valence-electron chi connectivity index (χ1n) is 5.57. The summed E-state index contributed by atoms with van der Waals surface area (Å²) in [7, 11) is 0. The van der Waals surface area contributed by atoms with E-state index >= 15 is 0 Å². The fourth-order valence-corrected chi connectivity index (χ4v) is 3.97. The topological polar surface area (TPSA) is 68.5 Å². The molecule has 1 heterocycles. The number of nitrogens with one attached hydrogen (secondary N) is 1. The van der Waals surface area contributed by atoms with Crippen molar-refractivity contribution < 1.29 is 35.8 Å². The molecule has 4 nitrogen and oxygen atoms in total. The summed E-state index contributed by atoms with van der Waals surface area (Å²) in [5.41, 5.74) is -0.723. The maximum atomic E-state index is 11.9. The average Bonchev–Trinajstić information content (AvgIpc) is 2.94. The van der Waals surface area contributed by atoms with Crippen molar-refractivity contribution in [3.8, 4) is 0 Å². The number of hydrogen-bond acceptors (Lipinski definition) is 4. The first-order valence-corrected chi connectivity index (χ1v) is 8.98. The van der Waals surface area contributed by atoms with Crippen LogP contribution in [0, 0.1) is 5.92 Å². The molecule has 1 aliphatic heterocycles. The van der Waals surface area contributed by atoms with Crippen LogP contribution in [-0.4, -0.2) is 44.2 Å². The van der Waals surface area contributed by atoms with Gasteiger partial charge in [0.25, 0.3) is 0 Å². The van der Waals surface area contributed by atoms with Crippen molar-refractivity contribution in [2.45, 2.75) is 41.9 Å². The molecule has 1 saturated heterocycles. The standard InChI is InChI=1S/C11H19INO3/c1-11(2,15)6-4-8(6)16-10(14)9(12-3)7-5-13-7/h6-9,13,15H,4-5H2,1-3H3/q-1. The van der Waals surface area contributed by atoms with Crippen LogP contribution < -0.4 is 26.5 Å². The number of carbonyl (C=O) groups is 1. The van der Waals surface area contributed by atoms with Crippen LogP contribution in [-0.2, 0) is 9.53 Å².